The number of aryl methyl sites for hydroxylation is 1. The van der Waals surface area contributed by atoms with Crippen molar-refractivity contribution in [3.63, 3.8) is 0 Å². The Morgan fingerprint density at radius 1 is 0.636 bits per heavy atom. The van der Waals surface area contributed by atoms with Crippen LogP contribution in [0.15, 0.2) is 72.8 Å². The van der Waals surface area contributed by atoms with Crippen LogP contribution in [0, 0.1) is 6.07 Å². The fraction of sp³-hybridized carbons (Fsp3) is 0.143. The SMILES string of the molecule is CCc1ccc(Cc2ccc(-c3cc[c-]cc3)cc2)cc1.[Y]. The first-order valence-electron chi connectivity index (χ1n) is 7.48. The van der Waals surface area contributed by atoms with Gasteiger partial charge in [0.25, 0.3) is 0 Å². The standard InChI is InChI=1S/C21H19.Y/c1-2-17-8-10-18(11-9-17)16-19-12-14-21(15-13-19)20-6-4-3-5-7-20;/h4-15H,2,16H2,1H3;/q-1;. The summed E-state index contributed by atoms with van der Waals surface area (Å²) in [4.78, 5) is 0. The summed E-state index contributed by atoms with van der Waals surface area (Å²) in [6.07, 6.45) is 2.09. The molecule has 0 heterocycles. The number of hydrogen-bond acceptors (Lipinski definition) is 0. The fourth-order valence-corrected chi connectivity index (χ4v) is 2.52. The Kier molecular flexibility index (Phi) is 6.55. The van der Waals surface area contributed by atoms with Gasteiger partial charge in [-0.05, 0) is 35.1 Å². The van der Waals surface area contributed by atoms with Gasteiger partial charge >= 0.3 is 0 Å². The summed E-state index contributed by atoms with van der Waals surface area (Å²) in [5.41, 5.74) is 6.62. The Balaban J connectivity index is 0.00000176. The predicted octanol–water partition coefficient (Wildman–Crippen LogP) is 5.30. The molecule has 1 heteroatoms. The zero-order chi connectivity index (χ0) is 14.5. The molecular weight excluding hydrogens is 341 g/mol. The molecule has 3 aromatic rings. The fourth-order valence-electron chi connectivity index (χ4n) is 2.52. The molecule has 0 fully saturated rings. The Hall–Kier alpha value is -1.24. The van der Waals surface area contributed by atoms with E-state index in [0.29, 0.717) is 0 Å². The molecule has 0 spiro atoms. The van der Waals surface area contributed by atoms with Crippen molar-refractivity contribution in [1.29, 1.82) is 0 Å². The molecule has 3 rings (SSSR count). The van der Waals surface area contributed by atoms with E-state index in [1.54, 1.807) is 0 Å². The van der Waals surface area contributed by atoms with Gasteiger partial charge in [0, 0.05) is 32.7 Å². The zero-order valence-electron chi connectivity index (χ0n) is 12.9. The van der Waals surface area contributed by atoms with Crippen LogP contribution >= 0.6 is 0 Å². The van der Waals surface area contributed by atoms with Gasteiger partial charge in [-0.3, -0.25) is 0 Å². The van der Waals surface area contributed by atoms with Gasteiger partial charge in [-0.15, -0.1) is 5.56 Å². The van der Waals surface area contributed by atoms with Crippen molar-refractivity contribution in [3.05, 3.63) is 95.6 Å². The van der Waals surface area contributed by atoms with Crippen molar-refractivity contribution in [2.45, 2.75) is 19.8 Å². The smallest absolute Gasteiger partial charge is 0 e. The van der Waals surface area contributed by atoms with Crippen molar-refractivity contribution in [3.8, 4) is 11.1 Å². The van der Waals surface area contributed by atoms with Crippen molar-refractivity contribution in [2.75, 3.05) is 0 Å². The third-order valence-electron chi connectivity index (χ3n) is 3.84. The summed E-state index contributed by atoms with van der Waals surface area (Å²) < 4.78 is 0. The molecule has 0 saturated carbocycles. The Bertz CT molecular complexity index is 682. The van der Waals surface area contributed by atoms with Gasteiger partial charge in [-0.25, -0.2) is 0 Å². The van der Waals surface area contributed by atoms with E-state index < -0.39 is 0 Å². The van der Waals surface area contributed by atoms with E-state index in [9.17, 15) is 0 Å². The predicted molar refractivity (Wildman–Crippen MR) is 89.3 cm³/mol. The molecule has 0 bridgehead atoms. The van der Waals surface area contributed by atoms with Crippen LogP contribution in [0.4, 0.5) is 0 Å². The summed E-state index contributed by atoms with van der Waals surface area (Å²) >= 11 is 0. The molecular formula is C21H19Y-. The largest absolute Gasteiger partial charge is 0.184 e. The third kappa shape index (κ3) is 4.38. The monoisotopic (exact) mass is 360 g/mol. The molecule has 0 aliphatic heterocycles. The minimum absolute atomic E-state index is 0. The molecule has 0 saturated heterocycles. The van der Waals surface area contributed by atoms with E-state index in [1.807, 2.05) is 12.1 Å². The van der Waals surface area contributed by atoms with Crippen LogP contribution in [-0.2, 0) is 45.6 Å². The van der Waals surface area contributed by atoms with Crippen LogP contribution in [0.1, 0.15) is 23.6 Å². The molecule has 0 N–H and O–H groups in total. The maximum atomic E-state index is 3.06. The zero-order valence-corrected chi connectivity index (χ0v) is 15.8. The second kappa shape index (κ2) is 8.41. The molecule has 0 aliphatic carbocycles. The molecule has 0 aliphatic rings. The number of hydrogen-bond donors (Lipinski definition) is 0. The maximum absolute atomic E-state index is 3.06. The summed E-state index contributed by atoms with van der Waals surface area (Å²) in [6.45, 7) is 2.19. The van der Waals surface area contributed by atoms with Gasteiger partial charge in [0.05, 0.1) is 0 Å². The van der Waals surface area contributed by atoms with Gasteiger partial charge in [0.15, 0.2) is 0 Å². The topological polar surface area (TPSA) is 0 Å². The molecule has 0 aromatic heterocycles. The van der Waals surface area contributed by atoms with E-state index in [1.165, 1.54) is 27.8 Å². The van der Waals surface area contributed by atoms with Crippen LogP contribution in [0.2, 0.25) is 0 Å². The summed E-state index contributed by atoms with van der Waals surface area (Å²) in [5, 5.41) is 0. The second-order valence-electron chi connectivity index (χ2n) is 5.33. The van der Waals surface area contributed by atoms with Gasteiger partial charge in [-0.2, -0.15) is 30.3 Å². The van der Waals surface area contributed by atoms with E-state index in [2.05, 4.69) is 73.7 Å². The third-order valence-corrected chi connectivity index (χ3v) is 3.84. The summed E-state index contributed by atoms with van der Waals surface area (Å²) in [5.74, 6) is 0. The average molecular weight is 360 g/mol. The van der Waals surface area contributed by atoms with Crippen LogP contribution in [-0.4, -0.2) is 0 Å². The minimum atomic E-state index is 0. The van der Waals surface area contributed by atoms with E-state index in [0.717, 1.165) is 12.8 Å². The Morgan fingerprint density at radius 2 is 1.09 bits per heavy atom. The first-order valence-corrected chi connectivity index (χ1v) is 7.48. The van der Waals surface area contributed by atoms with Gasteiger partial charge in [0.2, 0.25) is 0 Å². The Morgan fingerprint density at radius 3 is 1.64 bits per heavy atom. The molecule has 107 valence electrons. The molecule has 0 amide bonds. The van der Waals surface area contributed by atoms with Gasteiger partial charge in [-0.1, -0.05) is 55.5 Å². The maximum Gasteiger partial charge on any atom is 0 e. The van der Waals surface area contributed by atoms with Crippen molar-refractivity contribution < 1.29 is 32.7 Å². The minimum Gasteiger partial charge on any atom is -0.184 e. The molecule has 3 aromatic carbocycles. The van der Waals surface area contributed by atoms with E-state index in [4.69, 9.17) is 0 Å². The Labute approximate surface area is 158 Å². The molecule has 1 radical (unpaired) electrons. The van der Waals surface area contributed by atoms with E-state index in [-0.39, 0.29) is 32.7 Å². The first kappa shape index (κ1) is 17.1. The van der Waals surface area contributed by atoms with Gasteiger partial charge in [0.1, 0.15) is 0 Å². The quantitative estimate of drug-likeness (QED) is 0.554. The average Bonchev–Trinajstić information content (AvgIpc) is 2.57. The van der Waals surface area contributed by atoms with Gasteiger partial charge < -0.3 is 0 Å². The van der Waals surface area contributed by atoms with Crippen LogP contribution < -0.4 is 0 Å². The van der Waals surface area contributed by atoms with Crippen LogP contribution in [0.3, 0.4) is 0 Å². The summed E-state index contributed by atoms with van der Waals surface area (Å²) in [6, 6.07) is 28.9. The summed E-state index contributed by atoms with van der Waals surface area (Å²) in [7, 11) is 0. The van der Waals surface area contributed by atoms with E-state index >= 15 is 0 Å². The molecule has 0 unspecified atom stereocenters. The first-order chi connectivity index (χ1) is 10.3. The second-order valence-corrected chi connectivity index (χ2v) is 5.33. The molecule has 22 heavy (non-hydrogen) atoms. The van der Waals surface area contributed by atoms with Crippen LogP contribution in [0.5, 0.6) is 0 Å². The van der Waals surface area contributed by atoms with Crippen molar-refractivity contribution in [1.82, 2.24) is 0 Å². The normalized spacial score (nSPS) is 10.0. The number of rotatable bonds is 4. The number of benzene rings is 3. The molecule has 0 nitrogen and oxygen atoms in total. The van der Waals surface area contributed by atoms with Crippen molar-refractivity contribution >= 4 is 0 Å². The van der Waals surface area contributed by atoms with Crippen LogP contribution in [0.25, 0.3) is 11.1 Å². The van der Waals surface area contributed by atoms with Crippen molar-refractivity contribution in [2.24, 2.45) is 0 Å². The molecule has 0 atom stereocenters.